The van der Waals surface area contributed by atoms with Gasteiger partial charge in [0.05, 0.1) is 0 Å². The molecule has 21 heavy (non-hydrogen) atoms. The van der Waals surface area contributed by atoms with E-state index >= 15 is 0 Å². The summed E-state index contributed by atoms with van der Waals surface area (Å²) in [6.07, 6.45) is 9.85. The average molecular weight is 290 g/mol. The van der Waals surface area contributed by atoms with Crippen LogP contribution < -0.4 is 11.1 Å². The fourth-order valence-electron chi connectivity index (χ4n) is 3.03. The highest BCUT2D eigenvalue weighted by atomic mass is 16.4. The lowest BCUT2D eigenvalue weighted by Crippen LogP contribution is -2.33. The Labute approximate surface area is 126 Å². The van der Waals surface area contributed by atoms with E-state index in [0.29, 0.717) is 11.7 Å². The van der Waals surface area contributed by atoms with E-state index in [1.54, 1.807) is 6.20 Å². The fraction of sp³-hybridized carbons (Fsp3) is 0.625. The normalized spacial score (nSPS) is 19.2. The zero-order chi connectivity index (χ0) is 15.1. The van der Waals surface area contributed by atoms with Crippen molar-refractivity contribution < 1.29 is 5.21 Å². The van der Waals surface area contributed by atoms with Gasteiger partial charge in [0.1, 0.15) is 5.69 Å². The molecule has 4 N–H and O–H groups in total. The number of nitrogens with two attached hydrogens (primary N) is 1. The highest BCUT2D eigenvalue weighted by Gasteiger charge is 2.18. The third-order valence-corrected chi connectivity index (χ3v) is 4.43. The monoisotopic (exact) mass is 290 g/mol. The van der Waals surface area contributed by atoms with E-state index in [2.05, 4.69) is 22.4 Å². The Bertz CT molecular complexity index is 467. The zero-order valence-electron chi connectivity index (χ0n) is 12.8. The summed E-state index contributed by atoms with van der Waals surface area (Å²) in [6.45, 7) is 3.06. The predicted molar refractivity (Wildman–Crippen MR) is 84.2 cm³/mol. The fourth-order valence-corrected chi connectivity index (χ4v) is 3.03. The van der Waals surface area contributed by atoms with Gasteiger partial charge >= 0.3 is 0 Å². The molecule has 0 unspecified atom stereocenters. The second-order valence-corrected chi connectivity index (χ2v) is 5.96. The molecular weight excluding hydrogens is 264 g/mol. The van der Waals surface area contributed by atoms with Gasteiger partial charge in [-0.3, -0.25) is 4.98 Å². The molecule has 1 atom stereocenters. The summed E-state index contributed by atoms with van der Waals surface area (Å²) in [7, 11) is 0. The van der Waals surface area contributed by atoms with Crippen molar-refractivity contribution in [3.05, 3.63) is 29.6 Å². The highest BCUT2D eigenvalue weighted by Crippen LogP contribution is 2.25. The number of hydrogen-bond acceptors (Lipinski definition) is 4. The van der Waals surface area contributed by atoms with Gasteiger partial charge in [-0.05, 0) is 43.4 Å². The molecule has 1 heterocycles. The minimum atomic E-state index is 0.0497. The summed E-state index contributed by atoms with van der Waals surface area (Å²) in [5.74, 6) is 0.826. The maximum atomic E-state index is 8.70. The second kappa shape index (κ2) is 7.98. The number of amidine groups is 1. The number of rotatable bonds is 5. The minimum absolute atomic E-state index is 0.0497. The molecule has 0 saturated heterocycles. The molecule has 5 nitrogen and oxygen atoms in total. The van der Waals surface area contributed by atoms with Crippen molar-refractivity contribution in [1.82, 2.24) is 10.3 Å². The van der Waals surface area contributed by atoms with Crippen LogP contribution in [-0.4, -0.2) is 22.1 Å². The van der Waals surface area contributed by atoms with Crippen LogP contribution in [-0.2, 0) is 6.54 Å². The van der Waals surface area contributed by atoms with Gasteiger partial charge < -0.3 is 16.3 Å². The summed E-state index contributed by atoms with van der Waals surface area (Å²) < 4.78 is 0. The zero-order valence-corrected chi connectivity index (χ0v) is 12.8. The van der Waals surface area contributed by atoms with Gasteiger partial charge in [0.15, 0.2) is 5.84 Å². The third-order valence-electron chi connectivity index (χ3n) is 4.43. The van der Waals surface area contributed by atoms with Gasteiger partial charge in [-0.2, -0.15) is 0 Å². The molecule has 1 aliphatic carbocycles. The first kappa shape index (κ1) is 15.8. The van der Waals surface area contributed by atoms with Crippen molar-refractivity contribution >= 4 is 5.84 Å². The molecule has 0 amide bonds. The quantitative estimate of drug-likeness (QED) is 0.256. The summed E-state index contributed by atoms with van der Waals surface area (Å²) >= 11 is 0. The topological polar surface area (TPSA) is 83.5 Å². The molecule has 116 valence electrons. The number of nitrogens with zero attached hydrogens (tertiary/aromatic N) is 2. The van der Waals surface area contributed by atoms with Crippen LogP contribution in [0.2, 0.25) is 0 Å². The molecule has 0 bridgehead atoms. The van der Waals surface area contributed by atoms with Crippen LogP contribution in [0.3, 0.4) is 0 Å². The van der Waals surface area contributed by atoms with Crippen molar-refractivity contribution in [2.45, 2.75) is 58.0 Å². The maximum Gasteiger partial charge on any atom is 0.188 e. The number of pyridine rings is 1. The molecule has 1 aromatic heterocycles. The van der Waals surface area contributed by atoms with Gasteiger partial charge in [0.25, 0.3) is 0 Å². The first-order chi connectivity index (χ1) is 10.2. The molecule has 1 saturated carbocycles. The molecule has 0 spiro atoms. The van der Waals surface area contributed by atoms with Crippen molar-refractivity contribution in [3.63, 3.8) is 0 Å². The lowest BCUT2D eigenvalue weighted by molar-refractivity contribution is 0.318. The van der Waals surface area contributed by atoms with E-state index in [4.69, 9.17) is 10.9 Å². The van der Waals surface area contributed by atoms with Gasteiger partial charge in [-0.25, -0.2) is 0 Å². The molecule has 0 aliphatic heterocycles. The first-order valence-corrected chi connectivity index (χ1v) is 7.87. The molecule has 5 heteroatoms. The Balaban J connectivity index is 1.90. The molecule has 1 aliphatic rings. The summed E-state index contributed by atoms with van der Waals surface area (Å²) in [5.41, 5.74) is 7.19. The predicted octanol–water partition coefficient (Wildman–Crippen LogP) is 2.62. The van der Waals surface area contributed by atoms with Crippen LogP contribution >= 0.6 is 0 Å². The molecule has 2 rings (SSSR count). The van der Waals surface area contributed by atoms with E-state index in [9.17, 15) is 0 Å². The van der Waals surface area contributed by atoms with Crippen LogP contribution in [0.1, 0.15) is 56.7 Å². The lowest BCUT2D eigenvalue weighted by Gasteiger charge is -2.23. The van der Waals surface area contributed by atoms with E-state index in [-0.39, 0.29) is 5.84 Å². The molecular formula is C16H26N4O. The van der Waals surface area contributed by atoms with E-state index in [0.717, 1.165) is 18.0 Å². The third kappa shape index (κ3) is 4.70. The lowest BCUT2D eigenvalue weighted by atomic mass is 9.93. The summed E-state index contributed by atoms with van der Waals surface area (Å²) in [4.78, 5) is 4.10. The largest absolute Gasteiger partial charge is 0.409 e. The first-order valence-electron chi connectivity index (χ1n) is 7.87. The van der Waals surface area contributed by atoms with Crippen molar-refractivity contribution in [2.24, 2.45) is 16.8 Å². The van der Waals surface area contributed by atoms with Gasteiger partial charge in [-0.1, -0.05) is 30.8 Å². The Morgan fingerprint density at radius 1 is 1.43 bits per heavy atom. The van der Waals surface area contributed by atoms with E-state index < -0.39 is 0 Å². The van der Waals surface area contributed by atoms with Crippen LogP contribution in [0, 0.1) is 5.92 Å². The van der Waals surface area contributed by atoms with E-state index in [1.165, 1.54) is 38.5 Å². The van der Waals surface area contributed by atoms with Crippen molar-refractivity contribution in [3.8, 4) is 0 Å². The standard InChI is InChI=1S/C16H26N4O/c1-12(14-6-4-2-3-5-7-14)19-11-13-8-9-18-15(10-13)16(17)20-21/h8-10,12,14,19,21H,2-7,11H2,1H3,(H2,17,20)/t12-/m1/s1. The number of aromatic nitrogens is 1. The van der Waals surface area contributed by atoms with Crippen LogP contribution in [0.5, 0.6) is 0 Å². The van der Waals surface area contributed by atoms with Crippen molar-refractivity contribution in [1.29, 1.82) is 0 Å². The summed E-state index contributed by atoms with van der Waals surface area (Å²) in [5, 5.41) is 15.3. The maximum absolute atomic E-state index is 8.70. The SMILES string of the molecule is C[C@@H](NCc1ccnc(/C(N)=N/O)c1)C1CCCCCC1. The summed E-state index contributed by atoms with van der Waals surface area (Å²) in [6, 6.07) is 4.34. The molecule has 1 aromatic rings. The van der Waals surface area contributed by atoms with E-state index in [1.807, 2.05) is 12.1 Å². The number of nitrogens with one attached hydrogen (secondary N) is 1. The Kier molecular flexibility index (Phi) is 5.99. The van der Waals surface area contributed by atoms with Gasteiger partial charge in [0.2, 0.25) is 0 Å². The number of hydrogen-bond donors (Lipinski definition) is 3. The molecule has 0 radical (unpaired) electrons. The molecule has 0 aromatic carbocycles. The average Bonchev–Trinajstić information content (AvgIpc) is 2.81. The van der Waals surface area contributed by atoms with Gasteiger partial charge in [0, 0.05) is 18.8 Å². The molecule has 1 fully saturated rings. The minimum Gasteiger partial charge on any atom is -0.409 e. The Hall–Kier alpha value is -1.62. The smallest absolute Gasteiger partial charge is 0.188 e. The van der Waals surface area contributed by atoms with Gasteiger partial charge in [-0.15, -0.1) is 0 Å². The second-order valence-electron chi connectivity index (χ2n) is 5.96. The Morgan fingerprint density at radius 3 is 2.81 bits per heavy atom. The highest BCUT2D eigenvalue weighted by molar-refractivity contribution is 5.95. The van der Waals surface area contributed by atoms with Crippen LogP contribution in [0.25, 0.3) is 0 Å². The van der Waals surface area contributed by atoms with Crippen LogP contribution in [0.15, 0.2) is 23.5 Å². The van der Waals surface area contributed by atoms with Crippen molar-refractivity contribution in [2.75, 3.05) is 0 Å². The number of oxime groups is 1. The van der Waals surface area contributed by atoms with Crippen LogP contribution in [0.4, 0.5) is 0 Å². The Morgan fingerprint density at radius 2 is 2.14 bits per heavy atom.